The Kier molecular flexibility index (Phi) is 5.31. The van der Waals surface area contributed by atoms with Gasteiger partial charge in [-0.25, -0.2) is 4.98 Å². The molecular formula is C22H21N3O3S. The molecule has 0 atom stereocenters. The first-order valence-corrected chi connectivity index (χ1v) is 10.3. The highest BCUT2D eigenvalue weighted by Gasteiger charge is 2.23. The maximum atomic E-state index is 12.8. The smallest absolute Gasteiger partial charge is 0.262 e. The van der Waals surface area contributed by atoms with E-state index >= 15 is 0 Å². The molecule has 2 heterocycles. The number of benzene rings is 2. The van der Waals surface area contributed by atoms with E-state index in [0.717, 1.165) is 29.0 Å². The first kappa shape index (κ1) is 19.1. The summed E-state index contributed by atoms with van der Waals surface area (Å²) in [6.45, 7) is 4.05. The molecule has 3 aromatic rings. The summed E-state index contributed by atoms with van der Waals surface area (Å²) in [5, 5.41) is 6.09. The van der Waals surface area contributed by atoms with Crippen LogP contribution in [-0.4, -0.2) is 23.4 Å². The second-order valence-electron chi connectivity index (χ2n) is 6.84. The highest BCUT2D eigenvalue weighted by molar-refractivity contribution is 7.16. The Bertz CT molecular complexity index is 1070. The van der Waals surface area contributed by atoms with E-state index < -0.39 is 0 Å². The van der Waals surface area contributed by atoms with Crippen LogP contribution in [0.3, 0.4) is 0 Å². The number of para-hydroxylation sites is 1. The standard InChI is InChI=1S/C22H21N3O3S/c1-3-5-14-8-10-15(11-9-14)19-13(2)29-22(24-19)25-21(27)16-6-4-7-17-20(16)28-12-18(26)23-17/h4,6-11H,3,5,12H2,1-2H3,(H,23,26)(H,24,25,27). The monoisotopic (exact) mass is 407 g/mol. The molecule has 6 nitrogen and oxygen atoms in total. The van der Waals surface area contributed by atoms with Gasteiger partial charge in [-0.15, -0.1) is 11.3 Å². The number of fused-ring (bicyclic) bond motifs is 1. The van der Waals surface area contributed by atoms with Crippen molar-refractivity contribution in [1.29, 1.82) is 0 Å². The molecule has 0 unspecified atom stereocenters. The predicted octanol–water partition coefficient (Wildman–Crippen LogP) is 4.65. The van der Waals surface area contributed by atoms with Gasteiger partial charge in [-0.1, -0.05) is 43.7 Å². The van der Waals surface area contributed by atoms with E-state index in [0.29, 0.717) is 22.1 Å². The SMILES string of the molecule is CCCc1ccc(-c2nc(NC(=O)c3cccc4c3OCC(=O)N4)sc2C)cc1. The van der Waals surface area contributed by atoms with Crippen LogP contribution in [0.2, 0.25) is 0 Å². The lowest BCUT2D eigenvalue weighted by molar-refractivity contribution is -0.118. The van der Waals surface area contributed by atoms with Gasteiger partial charge in [0.15, 0.2) is 17.5 Å². The molecular weight excluding hydrogens is 386 g/mol. The fourth-order valence-electron chi connectivity index (χ4n) is 3.29. The van der Waals surface area contributed by atoms with Crippen molar-refractivity contribution in [2.45, 2.75) is 26.7 Å². The number of aryl methyl sites for hydroxylation is 2. The van der Waals surface area contributed by atoms with Crippen molar-refractivity contribution in [3.63, 3.8) is 0 Å². The third-order valence-corrected chi connectivity index (χ3v) is 5.55. The molecule has 0 aliphatic carbocycles. The lowest BCUT2D eigenvalue weighted by Gasteiger charge is -2.20. The molecule has 1 aromatic heterocycles. The number of nitrogens with zero attached hydrogens (tertiary/aromatic N) is 1. The van der Waals surface area contributed by atoms with Gasteiger partial charge in [-0.2, -0.15) is 0 Å². The van der Waals surface area contributed by atoms with E-state index in [9.17, 15) is 9.59 Å². The zero-order valence-electron chi connectivity index (χ0n) is 16.2. The van der Waals surface area contributed by atoms with E-state index in [1.807, 2.05) is 6.92 Å². The number of hydrogen-bond acceptors (Lipinski definition) is 5. The number of carbonyl (C=O) groups is 2. The van der Waals surface area contributed by atoms with Crippen LogP contribution in [0.25, 0.3) is 11.3 Å². The zero-order valence-corrected chi connectivity index (χ0v) is 17.1. The third-order valence-electron chi connectivity index (χ3n) is 4.66. The quantitative estimate of drug-likeness (QED) is 0.645. The van der Waals surface area contributed by atoms with Crippen molar-refractivity contribution < 1.29 is 14.3 Å². The van der Waals surface area contributed by atoms with Gasteiger partial charge in [0.2, 0.25) is 0 Å². The number of rotatable bonds is 5. The van der Waals surface area contributed by atoms with Crippen molar-refractivity contribution in [2.75, 3.05) is 17.2 Å². The lowest BCUT2D eigenvalue weighted by Crippen LogP contribution is -2.27. The van der Waals surface area contributed by atoms with Crippen molar-refractivity contribution in [3.05, 3.63) is 58.5 Å². The number of hydrogen-bond donors (Lipinski definition) is 2. The van der Waals surface area contributed by atoms with Gasteiger partial charge in [0, 0.05) is 10.4 Å². The minimum atomic E-state index is -0.323. The summed E-state index contributed by atoms with van der Waals surface area (Å²) in [5.41, 5.74) is 4.06. The summed E-state index contributed by atoms with van der Waals surface area (Å²) in [5.74, 6) is -0.179. The van der Waals surface area contributed by atoms with Crippen molar-refractivity contribution in [2.24, 2.45) is 0 Å². The van der Waals surface area contributed by atoms with Crippen LogP contribution in [0, 0.1) is 6.92 Å². The molecule has 2 N–H and O–H groups in total. The third kappa shape index (κ3) is 4.00. The summed E-state index contributed by atoms with van der Waals surface area (Å²) in [7, 11) is 0. The largest absolute Gasteiger partial charge is 0.481 e. The molecule has 0 spiro atoms. The van der Waals surface area contributed by atoms with Gasteiger partial charge in [0.1, 0.15) is 0 Å². The van der Waals surface area contributed by atoms with Gasteiger partial charge < -0.3 is 10.1 Å². The Balaban J connectivity index is 1.55. The normalized spacial score (nSPS) is 12.7. The number of aromatic nitrogens is 1. The van der Waals surface area contributed by atoms with Gasteiger partial charge in [-0.3, -0.25) is 14.9 Å². The summed E-state index contributed by atoms with van der Waals surface area (Å²) >= 11 is 1.43. The summed E-state index contributed by atoms with van der Waals surface area (Å²) < 4.78 is 5.47. The number of ether oxygens (including phenoxy) is 1. The van der Waals surface area contributed by atoms with Crippen molar-refractivity contribution in [1.82, 2.24) is 4.98 Å². The Labute approximate surface area is 172 Å². The number of carbonyl (C=O) groups excluding carboxylic acids is 2. The maximum Gasteiger partial charge on any atom is 0.262 e. The summed E-state index contributed by atoms with van der Waals surface area (Å²) in [4.78, 5) is 29.9. The van der Waals surface area contributed by atoms with Gasteiger partial charge in [0.25, 0.3) is 11.8 Å². The Morgan fingerprint density at radius 3 is 2.79 bits per heavy atom. The molecule has 1 aliphatic heterocycles. The van der Waals surface area contributed by atoms with E-state index in [4.69, 9.17) is 4.74 Å². The van der Waals surface area contributed by atoms with Crippen molar-refractivity contribution in [3.8, 4) is 17.0 Å². The average molecular weight is 407 g/mol. The van der Waals surface area contributed by atoms with Crippen LogP contribution in [0.4, 0.5) is 10.8 Å². The molecule has 4 rings (SSSR count). The van der Waals surface area contributed by atoms with Crippen LogP contribution < -0.4 is 15.4 Å². The topological polar surface area (TPSA) is 80.3 Å². The molecule has 0 bridgehead atoms. The van der Waals surface area contributed by atoms with Crippen molar-refractivity contribution >= 4 is 34.0 Å². The minimum absolute atomic E-state index is 0.105. The van der Waals surface area contributed by atoms with Crippen LogP contribution >= 0.6 is 11.3 Å². The molecule has 2 aromatic carbocycles. The minimum Gasteiger partial charge on any atom is -0.481 e. The number of amides is 2. The van der Waals surface area contributed by atoms with Crippen LogP contribution in [0.15, 0.2) is 42.5 Å². The molecule has 0 saturated heterocycles. The summed E-state index contributed by atoms with van der Waals surface area (Å²) in [6, 6.07) is 13.5. The molecule has 1 aliphatic rings. The maximum absolute atomic E-state index is 12.8. The molecule has 29 heavy (non-hydrogen) atoms. The van der Waals surface area contributed by atoms with Gasteiger partial charge in [0.05, 0.1) is 16.9 Å². The van der Waals surface area contributed by atoms with Gasteiger partial charge in [-0.05, 0) is 31.0 Å². The second kappa shape index (κ2) is 8.05. The summed E-state index contributed by atoms with van der Waals surface area (Å²) in [6.07, 6.45) is 2.17. The van der Waals surface area contributed by atoms with Crippen LogP contribution in [0.5, 0.6) is 5.75 Å². The van der Waals surface area contributed by atoms with E-state index in [1.54, 1.807) is 18.2 Å². The predicted molar refractivity (Wildman–Crippen MR) is 115 cm³/mol. The highest BCUT2D eigenvalue weighted by Crippen LogP contribution is 2.34. The second-order valence-corrected chi connectivity index (χ2v) is 8.05. The average Bonchev–Trinajstić information content (AvgIpc) is 3.08. The number of nitrogens with one attached hydrogen (secondary N) is 2. The van der Waals surface area contributed by atoms with Crippen LogP contribution in [0.1, 0.15) is 34.1 Å². The Morgan fingerprint density at radius 1 is 1.24 bits per heavy atom. The van der Waals surface area contributed by atoms with E-state index in [2.05, 4.69) is 46.8 Å². The molecule has 2 amide bonds. The van der Waals surface area contributed by atoms with E-state index in [-0.39, 0.29) is 18.4 Å². The number of thiazole rings is 1. The fourth-order valence-corrected chi connectivity index (χ4v) is 4.12. The molecule has 0 fully saturated rings. The first-order chi connectivity index (χ1) is 14.0. The fraction of sp³-hybridized carbons (Fsp3) is 0.227. The molecule has 0 saturated carbocycles. The Hall–Kier alpha value is -3.19. The van der Waals surface area contributed by atoms with Gasteiger partial charge >= 0.3 is 0 Å². The van der Waals surface area contributed by atoms with E-state index in [1.165, 1.54) is 16.9 Å². The zero-order chi connectivity index (χ0) is 20.4. The number of anilines is 2. The molecule has 0 radical (unpaired) electrons. The first-order valence-electron chi connectivity index (χ1n) is 9.49. The Morgan fingerprint density at radius 2 is 2.03 bits per heavy atom. The van der Waals surface area contributed by atoms with Crippen LogP contribution in [-0.2, 0) is 11.2 Å². The molecule has 7 heteroatoms. The molecule has 148 valence electrons. The highest BCUT2D eigenvalue weighted by atomic mass is 32.1. The lowest BCUT2D eigenvalue weighted by atomic mass is 10.1.